The molecule has 0 aliphatic rings. The largest absolute Gasteiger partial charge is 0.496 e. The Balaban J connectivity index is 2.27. The molecule has 0 atom stereocenters. The molecule has 1 aromatic carbocycles. The second-order valence-corrected chi connectivity index (χ2v) is 5.04. The van der Waals surface area contributed by atoms with E-state index in [0.29, 0.717) is 22.0 Å². The minimum absolute atomic E-state index is 0.306. The van der Waals surface area contributed by atoms with Gasteiger partial charge in [-0.15, -0.1) is 0 Å². The van der Waals surface area contributed by atoms with Crippen LogP contribution in [0.3, 0.4) is 0 Å². The molecule has 2 rings (SSSR count). The lowest BCUT2D eigenvalue weighted by molar-refractivity contribution is 0.102. The zero-order valence-corrected chi connectivity index (χ0v) is 12.3. The maximum atomic E-state index is 12.2. The number of pyridine rings is 1. The van der Waals surface area contributed by atoms with E-state index in [2.05, 4.69) is 26.2 Å². The SMILES string of the molecule is COc1ccc(Cl)cc1C(=O)Nc1cncc(Br)c1. The molecule has 0 bridgehead atoms. The van der Waals surface area contributed by atoms with Gasteiger partial charge in [-0.1, -0.05) is 11.6 Å². The molecule has 0 radical (unpaired) electrons. The molecule has 4 nitrogen and oxygen atoms in total. The summed E-state index contributed by atoms with van der Waals surface area (Å²) in [7, 11) is 1.50. The molecular formula is C13H10BrClN2O2. The number of halogens is 2. The van der Waals surface area contributed by atoms with Gasteiger partial charge in [-0.25, -0.2) is 0 Å². The van der Waals surface area contributed by atoms with Gasteiger partial charge in [0.2, 0.25) is 0 Å². The summed E-state index contributed by atoms with van der Waals surface area (Å²) in [6, 6.07) is 6.62. The van der Waals surface area contributed by atoms with Crippen molar-refractivity contribution in [1.82, 2.24) is 4.98 Å². The fourth-order valence-corrected chi connectivity index (χ4v) is 2.07. The van der Waals surface area contributed by atoms with E-state index in [-0.39, 0.29) is 5.91 Å². The summed E-state index contributed by atoms with van der Waals surface area (Å²) in [5.74, 6) is 0.157. The molecule has 0 saturated heterocycles. The minimum Gasteiger partial charge on any atom is -0.496 e. The predicted octanol–water partition coefficient (Wildman–Crippen LogP) is 3.76. The van der Waals surface area contributed by atoms with Gasteiger partial charge in [0.25, 0.3) is 5.91 Å². The third kappa shape index (κ3) is 3.45. The van der Waals surface area contributed by atoms with Crippen LogP contribution in [0.25, 0.3) is 0 Å². The summed E-state index contributed by atoms with van der Waals surface area (Å²) >= 11 is 9.18. The molecule has 98 valence electrons. The van der Waals surface area contributed by atoms with E-state index in [1.165, 1.54) is 7.11 Å². The van der Waals surface area contributed by atoms with Gasteiger partial charge in [0.05, 0.1) is 24.6 Å². The molecule has 0 unspecified atom stereocenters. The molecule has 1 N–H and O–H groups in total. The van der Waals surface area contributed by atoms with Crippen molar-refractivity contribution in [1.29, 1.82) is 0 Å². The third-order valence-corrected chi connectivity index (χ3v) is 3.04. The summed E-state index contributed by atoms with van der Waals surface area (Å²) in [5, 5.41) is 3.20. The van der Waals surface area contributed by atoms with Crippen molar-refractivity contribution in [3.63, 3.8) is 0 Å². The standard InChI is InChI=1S/C13H10BrClN2O2/c1-19-12-3-2-9(15)5-11(12)13(18)17-10-4-8(14)6-16-7-10/h2-7H,1H3,(H,17,18). The van der Waals surface area contributed by atoms with E-state index in [9.17, 15) is 4.79 Å². The number of anilines is 1. The topological polar surface area (TPSA) is 51.2 Å². The number of ether oxygens (including phenoxy) is 1. The Morgan fingerprint density at radius 1 is 1.37 bits per heavy atom. The van der Waals surface area contributed by atoms with E-state index >= 15 is 0 Å². The molecule has 0 aliphatic carbocycles. The second-order valence-electron chi connectivity index (χ2n) is 3.69. The van der Waals surface area contributed by atoms with Gasteiger partial charge in [-0.3, -0.25) is 9.78 Å². The smallest absolute Gasteiger partial charge is 0.259 e. The predicted molar refractivity (Wildman–Crippen MR) is 77.9 cm³/mol. The number of nitrogens with zero attached hydrogens (tertiary/aromatic N) is 1. The van der Waals surface area contributed by atoms with E-state index < -0.39 is 0 Å². The van der Waals surface area contributed by atoms with Crippen LogP contribution in [-0.2, 0) is 0 Å². The highest BCUT2D eigenvalue weighted by atomic mass is 79.9. The Hall–Kier alpha value is -1.59. The number of amides is 1. The number of methoxy groups -OCH3 is 1. The highest BCUT2D eigenvalue weighted by molar-refractivity contribution is 9.10. The summed E-state index contributed by atoms with van der Waals surface area (Å²) < 4.78 is 5.92. The maximum absolute atomic E-state index is 12.2. The van der Waals surface area contributed by atoms with Gasteiger partial charge >= 0.3 is 0 Å². The van der Waals surface area contributed by atoms with Crippen LogP contribution >= 0.6 is 27.5 Å². The lowest BCUT2D eigenvalue weighted by atomic mass is 10.2. The number of carbonyl (C=O) groups excluding carboxylic acids is 1. The van der Waals surface area contributed by atoms with Crippen LogP contribution in [0.5, 0.6) is 5.75 Å². The first kappa shape index (κ1) is 13.8. The maximum Gasteiger partial charge on any atom is 0.259 e. The fraction of sp³-hybridized carbons (Fsp3) is 0.0769. The van der Waals surface area contributed by atoms with Crippen LogP contribution in [0.15, 0.2) is 41.1 Å². The highest BCUT2D eigenvalue weighted by Gasteiger charge is 2.13. The minimum atomic E-state index is -0.306. The Bertz CT molecular complexity index is 619. The molecule has 0 saturated carbocycles. The summed E-state index contributed by atoms with van der Waals surface area (Å²) in [6.07, 6.45) is 3.19. The number of nitrogens with one attached hydrogen (secondary N) is 1. The Morgan fingerprint density at radius 2 is 2.16 bits per heavy atom. The van der Waals surface area contributed by atoms with Gasteiger partial charge in [-0.05, 0) is 40.2 Å². The average Bonchev–Trinajstić information content (AvgIpc) is 2.38. The first-order chi connectivity index (χ1) is 9.10. The fourth-order valence-electron chi connectivity index (χ4n) is 1.54. The van der Waals surface area contributed by atoms with Crippen LogP contribution in [0.2, 0.25) is 5.02 Å². The molecule has 1 aromatic heterocycles. The van der Waals surface area contributed by atoms with Crippen LogP contribution < -0.4 is 10.1 Å². The summed E-state index contributed by atoms with van der Waals surface area (Å²) in [5.41, 5.74) is 0.955. The molecule has 0 fully saturated rings. The van der Waals surface area contributed by atoms with Crippen LogP contribution in [0.4, 0.5) is 5.69 Å². The number of hydrogen-bond acceptors (Lipinski definition) is 3. The molecule has 0 aliphatic heterocycles. The summed E-state index contributed by atoms with van der Waals surface area (Å²) in [4.78, 5) is 16.1. The van der Waals surface area contributed by atoms with Crippen molar-refractivity contribution >= 4 is 39.1 Å². The number of aromatic nitrogens is 1. The van der Waals surface area contributed by atoms with Gasteiger partial charge in [0, 0.05) is 15.7 Å². The molecular weight excluding hydrogens is 332 g/mol. The van der Waals surface area contributed by atoms with E-state index in [1.54, 1.807) is 36.7 Å². The molecule has 6 heteroatoms. The number of benzene rings is 1. The molecule has 1 heterocycles. The van der Waals surface area contributed by atoms with Crippen LogP contribution in [0, 0.1) is 0 Å². The van der Waals surface area contributed by atoms with E-state index in [0.717, 1.165) is 4.47 Å². The molecule has 19 heavy (non-hydrogen) atoms. The van der Waals surface area contributed by atoms with Gasteiger partial charge in [0.15, 0.2) is 0 Å². The van der Waals surface area contributed by atoms with Crippen molar-refractivity contribution in [2.45, 2.75) is 0 Å². The van der Waals surface area contributed by atoms with Crippen LogP contribution in [0.1, 0.15) is 10.4 Å². The normalized spacial score (nSPS) is 10.1. The van der Waals surface area contributed by atoms with Gasteiger partial charge in [0.1, 0.15) is 5.75 Å². The van der Waals surface area contributed by atoms with Crippen molar-refractivity contribution in [3.8, 4) is 5.75 Å². The van der Waals surface area contributed by atoms with Crippen molar-refractivity contribution in [3.05, 3.63) is 51.7 Å². The van der Waals surface area contributed by atoms with Gasteiger partial charge in [-0.2, -0.15) is 0 Å². The molecule has 0 spiro atoms. The number of rotatable bonds is 3. The van der Waals surface area contributed by atoms with Gasteiger partial charge < -0.3 is 10.1 Å². The second kappa shape index (κ2) is 6.04. The number of hydrogen-bond donors (Lipinski definition) is 1. The zero-order chi connectivity index (χ0) is 13.8. The zero-order valence-electron chi connectivity index (χ0n) is 9.98. The lowest BCUT2D eigenvalue weighted by Gasteiger charge is -2.09. The first-order valence-corrected chi connectivity index (χ1v) is 6.52. The Kier molecular flexibility index (Phi) is 4.39. The first-order valence-electron chi connectivity index (χ1n) is 5.35. The van der Waals surface area contributed by atoms with E-state index in [1.807, 2.05) is 0 Å². The highest BCUT2D eigenvalue weighted by Crippen LogP contribution is 2.24. The quantitative estimate of drug-likeness (QED) is 0.925. The van der Waals surface area contributed by atoms with Crippen molar-refractivity contribution in [2.75, 3.05) is 12.4 Å². The lowest BCUT2D eigenvalue weighted by Crippen LogP contribution is -2.13. The number of carbonyl (C=O) groups is 1. The third-order valence-electron chi connectivity index (χ3n) is 2.37. The average molecular weight is 342 g/mol. The van der Waals surface area contributed by atoms with Crippen molar-refractivity contribution in [2.24, 2.45) is 0 Å². The van der Waals surface area contributed by atoms with Crippen molar-refractivity contribution < 1.29 is 9.53 Å². The monoisotopic (exact) mass is 340 g/mol. The Morgan fingerprint density at radius 3 is 2.84 bits per heavy atom. The molecule has 1 amide bonds. The summed E-state index contributed by atoms with van der Waals surface area (Å²) in [6.45, 7) is 0. The van der Waals surface area contributed by atoms with E-state index in [4.69, 9.17) is 16.3 Å². The van der Waals surface area contributed by atoms with Crippen LogP contribution in [-0.4, -0.2) is 18.0 Å². The Labute approximate surface area is 123 Å². The molecule has 2 aromatic rings.